The molecule has 1 aromatic carbocycles. The molecule has 0 aliphatic heterocycles. The Kier molecular flexibility index (Phi) is 11.1. The minimum Gasteiger partial charge on any atom is -0.389 e. The van der Waals surface area contributed by atoms with Crippen molar-refractivity contribution in [3.8, 4) is 0 Å². The number of oxime groups is 1. The summed E-state index contributed by atoms with van der Waals surface area (Å²) in [5, 5.41) is 18.7. The summed E-state index contributed by atoms with van der Waals surface area (Å²) >= 11 is 0. The van der Waals surface area contributed by atoms with Crippen LogP contribution in [-0.4, -0.2) is 55.8 Å². The summed E-state index contributed by atoms with van der Waals surface area (Å²) in [6.07, 6.45) is 2.56. The van der Waals surface area contributed by atoms with Gasteiger partial charge in [0, 0.05) is 25.6 Å². The normalized spacial score (nSPS) is 12.5. The Morgan fingerprint density at radius 1 is 1.11 bits per heavy atom. The van der Waals surface area contributed by atoms with Crippen molar-refractivity contribution in [3.05, 3.63) is 65.6 Å². The fraction of sp³-hybridized carbons (Fsp3) is 0.462. The number of aryl methyl sites for hydroxylation is 1. The lowest BCUT2D eigenvalue weighted by Gasteiger charge is -2.20. The molecule has 198 valence electrons. The first kappa shape index (κ1) is 27.9. The molecule has 11 heteroatoms. The highest BCUT2D eigenvalue weighted by Crippen LogP contribution is 2.13. The number of nitrogens with zero attached hydrogens (tertiary/aromatic N) is 6. The van der Waals surface area contributed by atoms with Gasteiger partial charge in [0.05, 0.1) is 11.8 Å². The maximum Gasteiger partial charge on any atom is 0.225 e. The fourth-order valence-electron chi connectivity index (χ4n) is 3.52. The number of anilines is 1. The summed E-state index contributed by atoms with van der Waals surface area (Å²) in [7, 11) is 1.73. The van der Waals surface area contributed by atoms with Crippen LogP contribution in [0.15, 0.2) is 53.7 Å². The number of ether oxygens (including phenoxy) is 2. The number of benzene rings is 1. The first-order chi connectivity index (χ1) is 18.0. The standard InChI is InChI=1S/C26H35N7O4/c1-5-35-24(37-19(2)3)17-10-9-16-23(34)28-22-15-11-14-21(27-22)18-36-30-25(20-12-7-6-8-13-20)26-29-31-32-33(26)4/h6-8,11-15,19,24H,5,9-10,16-18H2,1-4H3,(H,27,28,34)/b30-25-. The van der Waals surface area contributed by atoms with Crippen molar-refractivity contribution < 1.29 is 19.1 Å². The number of carbonyl (C=O) groups is 1. The maximum atomic E-state index is 12.4. The lowest BCUT2D eigenvalue weighted by atomic mass is 10.1. The second-order valence-electron chi connectivity index (χ2n) is 8.58. The number of unbranched alkanes of at least 4 members (excludes halogenated alkanes) is 1. The highest BCUT2D eigenvalue weighted by Gasteiger charge is 2.15. The van der Waals surface area contributed by atoms with Crippen LogP contribution in [0.4, 0.5) is 5.82 Å². The van der Waals surface area contributed by atoms with E-state index in [1.165, 1.54) is 4.68 Å². The van der Waals surface area contributed by atoms with Crippen molar-refractivity contribution in [1.29, 1.82) is 0 Å². The van der Waals surface area contributed by atoms with Crippen molar-refractivity contribution >= 4 is 17.4 Å². The molecule has 1 unspecified atom stereocenters. The summed E-state index contributed by atoms with van der Waals surface area (Å²) in [4.78, 5) is 22.5. The van der Waals surface area contributed by atoms with Crippen LogP contribution in [-0.2, 0) is 32.8 Å². The Balaban J connectivity index is 1.51. The van der Waals surface area contributed by atoms with Crippen LogP contribution in [0.5, 0.6) is 0 Å². The first-order valence-corrected chi connectivity index (χ1v) is 12.5. The van der Waals surface area contributed by atoms with E-state index in [1.54, 1.807) is 19.2 Å². The Labute approximate surface area is 217 Å². The van der Waals surface area contributed by atoms with Crippen LogP contribution < -0.4 is 5.32 Å². The molecular formula is C26H35N7O4. The Morgan fingerprint density at radius 3 is 2.62 bits per heavy atom. The zero-order valence-electron chi connectivity index (χ0n) is 21.8. The lowest BCUT2D eigenvalue weighted by molar-refractivity contribution is -0.163. The third-order valence-corrected chi connectivity index (χ3v) is 5.19. The number of aromatic nitrogens is 5. The number of pyridine rings is 1. The minimum absolute atomic E-state index is 0.0949. The average molecular weight is 510 g/mol. The van der Waals surface area contributed by atoms with Crippen molar-refractivity contribution in [3.63, 3.8) is 0 Å². The van der Waals surface area contributed by atoms with Gasteiger partial charge in [-0.05, 0) is 62.6 Å². The summed E-state index contributed by atoms with van der Waals surface area (Å²) in [6.45, 7) is 6.62. The van der Waals surface area contributed by atoms with Gasteiger partial charge in [-0.2, -0.15) is 0 Å². The monoisotopic (exact) mass is 509 g/mol. The van der Waals surface area contributed by atoms with Gasteiger partial charge >= 0.3 is 0 Å². The molecule has 11 nitrogen and oxygen atoms in total. The maximum absolute atomic E-state index is 12.4. The van der Waals surface area contributed by atoms with Crippen LogP contribution in [0, 0.1) is 0 Å². The Morgan fingerprint density at radius 2 is 1.92 bits per heavy atom. The minimum atomic E-state index is -0.235. The van der Waals surface area contributed by atoms with E-state index < -0.39 is 0 Å². The van der Waals surface area contributed by atoms with E-state index in [2.05, 4.69) is 31.0 Å². The number of tetrazole rings is 1. The van der Waals surface area contributed by atoms with E-state index in [0.717, 1.165) is 24.8 Å². The third kappa shape index (κ3) is 9.36. The highest BCUT2D eigenvalue weighted by molar-refractivity contribution is 6.10. The van der Waals surface area contributed by atoms with Crippen LogP contribution in [0.3, 0.4) is 0 Å². The van der Waals surface area contributed by atoms with Crippen LogP contribution in [0.1, 0.15) is 63.5 Å². The molecule has 0 saturated heterocycles. The molecule has 0 saturated carbocycles. The molecule has 0 aliphatic rings. The summed E-state index contributed by atoms with van der Waals surface area (Å²) < 4.78 is 12.9. The zero-order valence-corrected chi connectivity index (χ0v) is 21.8. The van der Waals surface area contributed by atoms with E-state index in [4.69, 9.17) is 14.3 Å². The topological polar surface area (TPSA) is 126 Å². The highest BCUT2D eigenvalue weighted by atomic mass is 16.7. The van der Waals surface area contributed by atoms with Crippen LogP contribution in [0.25, 0.3) is 0 Å². The van der Waals surface area contributed by atoms with Crippen molar-refractivity contribution in [2.75, 3.05) is 11.9 Å². The molecule has 37 heavy (non-hydrogen) atoms. The molecule has 1 amide bonds. The van der Waals surface area contributed by atoms with E-state index >= 15 is 0 Å². The van der Waals surface area contributed by atoms with Crippen LogP contribution in [0.2, 0.25) is 0 Å². The molecule has 0 bridgehead atoms. The third-order valence-electron chi connectivity index (χ3n) is 5.19. The van der Waals surface area contributed by atoms with Gasteiger partial charge in [0.2, 0.25) is 11.7 Å². The van der Waals surface area contributed by atoms with Crippen LogP contribution >= 0.6 is 0 Å². The number of carbonyl (C=O) groups excluding carboxylic acids is 1. The molecular weight excluding hydrogens is 474 g/mol. The first-order valence-electron chi connectivity index (χ1n) is 12.5. The van der Waals surface area contributed by atoms with Gasteiger partial charge in [-0.1, -0.05) is 41.6 Å². The van der Waals surface area contributed by atoms with Gasteiger partial charge in [-0.25, -0.2) is 9.67 Å². The van der Waals surface area contributed by atoms with E-state index in [1.807, 2.05) is 57.2 Å². The fourth-order valence-corrected chi connectivity index (χ4v) is 3.52. The molecule has 0 aliphatic carbocycles. The number of nitrogens with one attached hydrogen (secondary N) is 1. The summed E-state index contributed by atoms with van der Waals surface area (Å²) in [5.41, 5.74) is 1.94. The van der Waals surface area contributed by atoms with Gasteiger partial charge in [-0.3, -0.25) is 4.79 Å². The molecule has 0 spiro atoms. The van der Waals surface area contributed by atoms with Gasteiger partial charge in [0.15, 0.2) is 18.6 Å². The van der Waals surface area contributed by atoms with Crippen molar-refractivity contribution in [2.24, 2.45) is 12.2 Å². The molecule has 0 fully saturated rings. The van der Waals surface area contributed by atoms with Crippen molar-refractivity contribution in [2.45, 2.75) is 65.5 Å². The zero-order chi connectivity index (χ0) is 26.5. The van der Waals surface area contributed by atoms with Gasteiger partial charge in [0.1, 0.15) is 5.82 Å². The van der Waals surface area contributed by atoms with Gasteiger partial charge in [0.25, 0.3) is 0 Å². The van der Waals surface area contributed by atoms with Gasteiger partial charge < -0.3 is 19.6 Å². The van der Waals surface area contributed by atoms with E-state index in [-0.39, 0.29) is 24.9 Å². The lowest BCUT2D eigenvalue weighted by Crippen LogP contribution is -2.21. The number of rotatable bonds is 15. The summed E-state index contributed by atoms with van der Waals surface area (Å²) in [5.74, 6) is 0.845. The van der Waals surface area contributed by atoms with Gasteiger partial charge in [-0.15, -0.1) is 5.10 Å². The van der Waals surface area contributed by atoms with E-state index in [9.17, 15) is 4.79 Å². The molecule has 2 heterocycles. The Hall–Kier alpha value is -3.70. The van der Waals surface area contributed by atoms with E-state index in [0.29, 0.717) is 36.1 Å². The number of hydrogen-bond donors (Lipinski definition) is 1. The molecule has 3 aromatic rings. The molecule has 1 N–H and O–H groups in total. The SMILES string of the molecule is CCOC(CCCCC(=O)Nc1cccc(CO/N=C(/c2ccccc2)c2nnnn2C)n1)OC(C)C. The largest absolute Gasteiger partial charge is 0.389 e. The Bertz CT molecular complexity index is 1130. The second kappa shape index (κ2) is 14.8. The molecule has 1 atom stereocenters. The van der Waals surface area contributed by atoms with Crippen molar-refractivity contribution in [1.82, 2.24) is 25.2 Å². The second-order valence-corrected chi connectivity index (χ2v) is 8.58. The number of hydrogen-bond acceptors (Lipinski definition) is 9. The molecule has 0 radical (unpaired) electrons. The summed E-state index contributed by atoms with van der Waals surface area (Å²) in [6, 6.07) is 14.9. The predicted octanol–water partition coefficient (Wildman–Crippen LogP) is 3.86. The molecule has 3 rings (SSSR count). The average Bonchev–Trinajstić information content (AvgIpc) is 3.30. The quantitative estimate of drug-likeness (QED) is 0.142. The number of amides is 1. The smallest absolute Gasteiger partial charge is 0.225 e. The molecule has 2 aromatic heterocycles. The predicted molar refractivity (Wildman–Crippen MR) is 139 cm³/mol.